The molecule has 90 valence electrons. The monoisotopic (exact) mass is 255 g/mol. The van der Waals surface area contributed by atoms with E-state index in [1.54, 1.807) is 6.07 Å². The lowest BCUT2D eigenvalue weighted by Crippen LogP contribution is -1.96. The topological polar surface area (TPSA) is 63.9 Å². The number of halogens is 2. The fourth-order valence-electron chi connectivity index (χ4n) is 1.47. The van der Waals surface area contributed by atoms with E-state index in [1.165, 1.54) is 19.2 Å². The molecule has 0 spiro atoms. The molecule has 0 aliphatic heterocycles. The van der Waals surface area contributed by atoms with Gasteiger partial charge in [0, 0.05) is 12.1 Å². The quantitative estimate of drug-likeness (QED) is 0.885. The lowest BCUT2D eigenvalue weighted by Gasteiger charge is -2.02. The molecule has 0 saturated carbocycles. The maximum absolute atomic E-state index is 13.5. The van der Waals surface area contributed by atoms with Crippen LogP contribution in [0.25, 0.3) is 11.4 Å². The van der Waals surface area contributed by atoms with Crippen LogP contribution in [0.4, 0.5) is 4.39 Å². The zero-order valence-electron chi connectivity index (χ0n) is 9.13. The van der Waals surface area contributed by atoms with Crippen LogP contribution in [0.3, 0.4) is 0 Å². The summed E-state index contributed by atoms with van der Waals surface area (Å²) >= 11 is 5.85. The highest BCUT2D eigenvalue weighted by molar-refractivity contribution is 6.30. The normalized spacial score (nSPS) is 10.6. The van der Waals surface area contributed by atoms with E-state index in [0.717, 1.165) is 0 Å². The van der Waals surface area contributed by atoms with Gasteiger partial charge in [0.1, 0.15) is 5.82 Å². The van der Waals surface area contributed by atoms with Gasteiger partial charge in [0.25, 0.3) is 0 Å². The van der Waals surface area contributed by atoms with Gasteiger partial charge in [-0.25, -0.2) is 9.37 Å². The minimum atomic E-state index is -0.452. The second kappa shape index (κ2) is 4.73. The highest BCUT2D eigenvalue weighted by Gasteiger charge is 2.11. The Kier molecular flexibility index (Phi) is 3.31. The maximum Gasteiger partial charge on any atom is 0.165 e. The van der Waals surface area contributed by atoms with Crippen molar-refractivity contribution < 1.29 is 9.13 Å². The molecule has 2 rings (SSSR count). The minimum Gasteiger partial charge on any atom is -0.494 e. The summed E-state index contributed by atoms with van der Waals surface area (Å²) in [6.07, 6.45) is 0. The number of nitrogens with zero attached hydrogens (tertiary/aromatic N) is 1. The summed E-state index contributed by atoms with van der Waals surface area (Å²) in [4.78, 5) is 7.01. The molecule has 0 aliphatic carbocycles. The van der Waals surface area contributed by atoms with E-state index in [1.807, 2.05) is 0 Å². The summed E-state index contributed by atoms with van der Waals surface area (Å²) in [6, 6.07) is 4.55. The summed E-state index contributed by atoms with van der Waals surface area (Å²) in [6.45, 7) is 0.254. The van der Waals surface area contributed by atoms with Crippen molar-refractivity contribution in [2.75, 3.05) is 7.11 Å². The van der Waals surface area contributed by atoms with E-state index in [4.69, 9.17) is 22.1 Å². The van der Waals surface area contributed by atoms with Gasteiger partial charge >= 0.3 is 0 Å². The number of rotatable bonds is 3. The van der Waals surface area contributed by atoms with Gasteiger partial charge in [0.05, 0.1) is 12.8 Å². The first kappa shape index (κ1) is 11.9. The van der Waals surface area contributed by atoms with Crippen LogP contribution in [0.2, 0.25) is 5.15 Å². The fraction of sp³-hybridized carbons (Fsp3) is 0.182. The van der Waals surface area contributed by atoms with Gasteiger partial charge in [0.15, 0.2) is 16.7 Å². The summed E-state index contributed by atoms with van der Waals surface area (Å²) in [5.74, 6) is 0.217. The summed E-state index contributed by atoms with van der Waals surface area (Å²) in [5, 5.41) is 0.304. The molecule has 0 saturated heterocycles. The predicted octanol–water partition coefficient (Wildman–Crippen LogP) is 2.34. The van der Waals surface area contributed by atoms with Gasteiger partial charge in [-0.15, -0.1) is 0 Å². The third-order valence-electron chi connectivity index (χ3n) is 2.36. The largest absolute Gasteiger partial charge is 0.494 e. The molecule has 3 N–H and O–H groups in total. The fourth-order valence-corrected chi connectivity index (χ4v) is 1.68. The van der Waals surface area contributed by atoms with Crippen LogP contribution >= 0.6 is 11.6 Å². The number of aromatic nitrogens is 2. The molecule has 0 atom stereocenters. The van der Waals surface area contributed by atoms with Crippen molar-refractivity contribution in [1.82, 2.24) is 9.97 Å². The Bertz CT molecular complexity index is 542. The summed E-state index contributed by atoms with van der Waals surface area (Å²) in [7, 11) is 1.41. The van der Waals surface area contributed by atoms with Crippen LogP contribution in [0.5, 0.6) is 5.75 Å². The lowest BCUT2D eigenvalue weighted by atomic mass is 10.2. The zero-order chi connectivity index (χ0) is 12.4. The lowest BCUT2D eigenvalue weighted by molar-refractivity contribution is 0.386. The number of methoxy groups -OCH3 is 1. The van der Waals surface area contributed by atoms with Gasteiger partial charge in [-0.2, -0.15) is 0 Å². The maximum atomic E-state index is 13.5. The number of benzene rings is 1. The van der Waals surface area contributed by atoms with Crippen molar-refractivity contribution in [3.8, 4) is 17.1 Å². The molecule has 2 aromatic rings. The number of H-pyrrole nitrogens is 1. The second-order valence-corrected chi connectivity index (χ2v) is 3.77. The van der Waals surface area contributed by atoms with E-state index in [-0.39, 0.29) is 12.3 Å². The molecule has 1 aromatic heterocycles. The first-order valence-corrected chi connectivity index (χ1v) is 5.32. The van der Waals surface area contributed by atoms with Crippen LogP contribution in [-0.2, 0) is 6.54 Å². The van der Waals surface area contributed by atoms with Crippen molar-refractivity contribution in [1.29, 1.82) is 0 Å². The van der Waals surface area contributed by atoms with Gasteiger partial charge in [0.2, 0.25) is 0 Å². The Morgan fingerprint density at radius 3 is 2.82 bits per heavy atom. The average Bonchev–Trinajstić information content (AvgIpc) is 2.70. The molecule has 6 heteroatoms. The highest BCUT2D eigenvalue weighted by Crippen LogP contribution is 2.25. The van der Waals surface area contributed by atoms with Gasteiger partial charge in [-0.05, 0) is 18.2 Å². The van der Waals surface area contributed by atoms with Crippen molar-refractivity contribution >= 4 is 11.6 Å². The molecule has 1 heterocycles. The number of ether oxygens (including phenoxy) is 1. The van der Waals surface area contributed by atoms with E-state index in [9.17, 15) is 4.39 Å². The number of imidazole rings is 1. The molecule has 0 radical (unpaired) electrons. The Morgan fingerprint density at radius 2 is 2.29 bits per heavy atom. The SMILES string of the molecule is COc1ccc(-c2nc(Cl)c(CN)[nH]2)cc1F. The molecule has 0 amide bonds. The van der Waals surface area contributed by atoms with Crippen molar-refractivity contribution in [3.63, 3.8) is 0 Å². The number of hydrogen-bond donors (Lipinski definition) is 2. The van der Waals surface area contributed by atoms with Crippen LogP contribution in [0.15, 0.2) is 18.2 Å². The van der Waals surface area contributed by atoms with E-state index in [2.05, 4.69) is 9.97 Å². The molecule has 17 heavy (non-hydrogen) atoms. The van der Waals surface area contributed by atoms with Crippen LogP contribution in [0.1, 0.15) is 5.69 Å². The second-order valence-electron chi connectivity index (χ2n) is 3.41. The Labute approximate surface area is 103 Å². The van der Waals surface area contributed by atoms with Gasteiger partial charge in [-0.3, -0.25) is 0 Å². The van der Waals surface area contributed by atoms with Crippen molar-refractivity contribution in [2.24, 2.45) is 5.73 Å². The molecule has 0 fully saturated rings. The summed E-state index contributed by atoms with van der Waals surface area (Å²) in [5.41, 5.74) is 6.68. The predicted molar refractivity (Wildman–Crippen MR) is 63.4 cm³/mol. The van der Waals surface area contributed by atoms with E-state index >= 15 is 0 Å². The Balaban J connectivity index is 2.42. The van der Waals surface area contributed by atoms with Gasteiger partial charge in [-0.1, -0.05) is 11.6 Å². The number of aromatic amines is 1. The molecule has 0 unspecified atom stereocenters. The van der Waals surface area contributed by atoms with E-state index in [0.29, 0.717) is 22.2 Å². The highest BCUT2D eigenvalue weighted by atomic mass is 35.5. The molecule has 4 nitrogen and oxygen atoms in total. The smallest absolute Gasteiger partial charge is 0.165 e. The van der Waals surface area contributed by atoms with E-state index < -0.39 is 5.82 Å². The van der Waals surface area contributed by atoms with Crippen LogP contribution in [0, 0.1) is 5.82 Å². The van der Waals surface area contributed by atoms with Crippen LogP contribution < -0.4 is 10.5 Å². The summed E-state index contributed by atoms with van der Waals surface area (Å²) < 4.78 is 18.3. The first-order valence-electron chi connectivity index (χ1n) is 4.94. The molecule has 0 aliphatic rings. The third kappa shape index (κ3) is 2.25. The van der Waals surface area contributed by atoms with Crippen molar-refractivity contribution in [3.05, 3.63) is 34.9 Å². The zero-order valence-corrected chi connectivity index (χ0v) is 9.88. The molecule has 1 aromatic carbocycles. The number of hydrogen-bond acceptors (Lipinski definition) is 3. The van der Waals surface area contributed by atoms with Crippen LogP contribution in [-0.4, -0.2) is 17.1 Å². The average molecular weight is 256 g/mol. The Hall–Kier alpha value is -1.59. The molecular weight excluding hydrogens is 245 g/mol. The molecular formula is C11H11ClFN3O. The third-order valence-corrected chi connectivity index (χ3v) is 2.67. The number of nitrogens with one attached hydrogen (secondary N) is 1. The van der Waals surface area contributed by atoms with Gasteiger partial charge < -0.3 is 15.5 Å². The minimum absolute atomic E-state index is 0.186. The Morgan fingerprint density at radius 1 is 1.53 bits per heavy atom. The molecule has 0 bridgehead atoms. The van der Waals surface area contributed by atoms with Crippen molar-refractivity contribution in [2.45, 2.75) is 6.54 Å². The standard InChI is InChI=1S/C11H11ClFN3O/c1-17-9-3-2-6(4-7(9)13)11-15-8(5-14)10(12)16-11/h2-4H,5,14H2,1H3,(H,15,16). The number of nitrogens with two attached hydrogens (primary N) is 1. The first-order chi connectivity index (χ1) is 8.15.